The Balaban J connectivity index is 1.15. The minimum absolute atomic E-state index is 0.0785. The lowest BCUT2D eigenvalue weighted by Crippen LogP contribution is -2.09. The number of hydrogen-bond acceptors (Lipinski definition) is 6. The fraction of sp³-hybridized carbons (Fsp3) is 0.242. The summed E-state index contributed by atoms with van der Waals surface area (Å²) in [5.41, 5.74) is 2.97. The molecule has 210 valence electrons. The molecule has 0 N–H and O–H groups in total. The molecule has 1 aliphatic carbocycles. The molecular weight excluding hydrogens is 530 g/mol. The lowest BCUT2D eigenvalue weighted by Gasteiger charge is -2.17. The summed E-state index contributed by atoms with van der Waals surface area (Å²) in [6.07, 6.45) is 0.803. The smallest absolute Gasteiger partial charge is 0.306 e. The Hall–Kier alpha value is -4.59. The summed E-state index contributed by atoms with van der Waals surface area (Å²) in [5, 5.41) is 0. The summed E-state index contributed by atoms with van der Waals surface area (Å²) < 4.78 is 58.2. The number of fused-ring (bicyclic) bond motifs is 2. The van der Waals surface area contributed by atoms with Crippen molar-refractivity contribution in [2.45, 2.75) is 37.9 Å². The van der Waals surface area contributed by atoms with Gasteiger partial charge in [0, 0.05) is 34.7 Å². The van der Waals surface area contributed by atoms with E-state index in [-0.39, 0.29) is 42.2 Å². The van der Waals surface area contributed by atoms with Crippen LogP contribution in [0.25, 0.3) is 0 Å². The Kier molecular flexibility index (Phi) is 7.46. The summed E-state index contributed by atoms with van der Waals surface area (Å²) in [6, 6.07) is 22.3. The molecule has 0 saturated heterocycles. The zero-order valence-electron chi connectivity index (χ0n) is 22.4. The van der Waals surface area contributed by atoms with Crippen LogP contribution in [0.3, 0.4) is 0 Å². The third-order valence-electron chi connectivity index (χ3n) is 7.39. The maximum atomic E-state index is 15.0. The first kappa shape index (κ1) is 26.6. The van der Waals surface area contributed by atoms with Gasteiger partial charge in [-0.3, -0.25) is 4.79 Å². The van der Waals surface area contributed by atoms with E-state index in [1.807, 2.05) is 36.4 Å². The highest BCUT2D eigenvalue weighted by Gasteiger charge is 2.32. The topological polar surface area (TPSA) is 63.2 Å². The van der Waals surface area contributed by atoms with Crippen LogP contribution in [0.5, 0.6) is 28.7 Å². The summed E-state index contributed by atoms with van der Waals surface area (Å²) in [6.45, 7) is 0.630. The number of esters is 1. The van der Waals surface area contributed by atoms with Crippen molar-refractivity contribution in [2.24, 2.45) is 0 Å². The van der Waals surface area contributed by atoms with E-state index in [0.717, 1.165) is 11.1 Å². The fourth-order valence-electron chi connectivity index (χ4n) is 5.33. The number of carbonyl (C=O) groups excluding carboxylic acids is 1. The van der Waals surface area contributed by atoms with Gasteiger partial charge >= 0.3 is 5.97 Å². The average molecular weight is 559 g/mol. The maximum absolute atomic E-state index is 15.0. The van der Waals surface area contributed by atoms with Gasteiger partial charge in [0.25, 0.3) is 0 Å². The summed E-state index contributed by atoms with van der Waals surface area (Å²) >= 11 is 0. The molecule has 0 aromatic heterocycles. The molecule has 6 rings (SSSR count). The van der Waals surface area contributed by atoms with Gasteiger partial charge in [-0.05, 0) is 48.7 Å². The van der Waals surface area contributed by atoms with Gasteiger partial charge in [-0.2, -0.15) is 0 Å². The van der Waals surface area contributed by atoms with Gasteiger partial charge in [0.1, 0.15) is 41.5 Å². The summed E-state index contributed by atoms with van der Waals surface area (Å²) in [5.74, 6) is 0.728. The van der Waals surface area contributed by atoms with Crippen molar-refractivity contribution in [3.63, 3.8) is 0 Å². The van der Waals surface area contributed by atoms with Gasteiger partial charge in [-0.1, -0.05) is 36.4 Å². The Morgan fingerprint density at radius 1 is 0.927 bits per heavy atom. The monoisotopic (exact) mass is 558 g/mol. The molecule has 4 aromatic rings. The largest absolute Gasteiger partial charge is 0.492 e. The van der Waals surface area contributed by atoms with E-state index in [1.54, 1.807) is 24.3 Å². The lowest BCUT2D eigenvalue weighted by atomic mass is 9.98. The molecule has 4 aromatic carbocycles. The van der Waals surface area contributed by atoms with Crippen LogP contribution < -0.4 is 18.9 Å². The zero-order valence-corrected chi connectivity index (χ0v) is 22.4. The van der Waals surface area contributed by atoms with Gasteiger partial charge in [0.15, 0.2) is 11.6 Å². The van der Waals surface area contributed by atoms with Crippen molar-refractivity contribution >= 4 is 5.97 Å². The molecule has 0 unspecified atom stereocenters. The summed E-state index contributed by atoms with van der Waals surface area (Å²) in [7, 11) is 1.36. The number of carbonyl (C=O) groups is 1. The molecule has 0 fully saturated rings. The highest BCUT2D eigenvalue weighted by Crippen LogP contribution is 2.44. The highest BCUT2D eigenvalue weighted by molar-refractivity contribution is 5.71. The molecule has 0 amide bonds. The van der Waals surface area contributed by atoms with E-state index in [9.17, 15) is 9.18 Å². The quantitative estimate of drug-likeness (QED) is 0.199. The number of halogens is 2. The van der Waals surface area contributed by atoms with E-state index >= 15 is 4.39 Å². The number of methoxy groups -OCH3 is 1. The Bertz CT molecular complexity index is 1570. The molecule has 1 aliphatic heterocycles. The van der Waals surface area contributed by atoms with Gasteiger partial charge in [0.2, 0.25) is 0 Å². The molecule has 6 nitrogen and oxygen atoms in total. The molecular formula is C33H28F2O6. The van der Waals surface area contributed by atoms with Crippen molar-refractivity contribution in [1.29, 1.82) is 0 Å². The van der Waals surface area contributed by atoms with Gasteiger partial charge in [-0.25, -0.2) is 8.78 Å². The van der Waals surface area contributed by atoms with Crippen LogP contribution in [0, 0.1) is 11.6 Å². The first-order valence-electron chi connectivity index (χ1n) is 13.4. The van der Waals surface area contributed by atoms with Crippen LogP contribution in [-0.4, -0.2) is 19.7 Å². The standard InChI is InChI=1S/C33H28F2O6/c1-37-32(36)15-21-19-39-31-17-23(7-9-24(21)31)41-30-13-10-25-28(14-11-26(34)33(25)30)40-22-8-12-29(27(35)16-22)38-18-20-5-3-2-4-6-20/h2-9,11-12,14,16-17,21,30H,10,13,15,18-19H2,1H3/t21-,30-/m1/s1. The third kappa shape index (κ3) is 5.68. The molecule has 0 bridgehead atoms. The van der Waals surface area contributed by atoms with Crippen molar-refractivity contribution in [3.8, 4) is 28.7 Å². The normalized spacial score (nSPS) is 16.9. The van der Waals surface area contributed by atoms with E-state index < -0.39 is 11.9 Å². The molecule has 0 radical (unpaired) electrons. The second-order valence-electron chi connectivity index (χ2n) is 10.0. The van der Waals surface area contributed by atoms with Gasteiger partial charge in [0.05, 0.1) is 20.1 Å². The molecule has 1 heterocycles. The third-order valence-corrected chi connectivity index (χ3v) is 7.39. The maximum Gasteiger partial charge on any atom is 0.306 e. The Morgan fingerprint density at radius 2 is 1.73 bits per heavy atom. The van der Waals surface area contributed by atoms with Crippen molar-refractivity contribution in [2.75, 3.05) is 13.7 Å². The predicted octanol–water partition coefficient (Wildman–Crippen LogP) is 7.44. The number of hydrogen-bond donors (Lipinski definition) is 0. The van der Waals surface area contributed by atoms with Crippen LogP contribution in [0.1, 0.15) is 47.1 Å². The number of rotatable bonds is 9. The highest BCUT2D eigenvalue weighted by atomic mass is 19.1. The van der Waals surface area contributed by atoms with Crippen LogP contribution in [-0.2, 0) is 22.6 Å². The minimum Gasteiger partial charge on any atom is -0.492 e. The van der Waals surface area contributed by atoms with Crippen molar-refractivity contribution in [3.05, 3.63) is 113 Å². The van der Waals surface area contributed by atoms with Gasteiger partial charge < -0.3 is 23.7 Å². The van der Waals surface area contributed by atoms with Gasteiger partial charge in [-0.15, -0.1) is 0 Å². The minimum atomic E-state index is -0.550. The average Bonchev–Trinajstić information content (AvgIpc) is 3.59. The molecule has 2 aliphatic rings. The van der Waals surface area contributed by atoms with E-state index in [4.69, 9.17) is 23.7 Å². The first-order chi connectivity index (χ1) is 20.0. The molecule has 41 heavy (non-hydrogen) atoms. The van der Waals surface area contributed by atoms with Crippen LogP contribution in [0.15, 0.2) is 78.9 Å². The second-order valence-corrected chi connectivity index (χ2v) is 10.0. The molecule has 2 atom stereocenters. The Labute approximate surface area is 236 Å². The lowest BCUT2D eigenvalue weighted by molar-refractivity contribution is -0.141. The first-order valence-corrected chi connectivity index (χ1v) is 13.4. The van der Waals surface area contributed by atoms with Crippen LogP contribution in [0.2, 0.25) is 0 Å². The summed E-state index contributed by atoms with van der Waals surface area (Å²) in [4.78, 5) is 11.7. The van der Waals surface area contributed by atoms with E-state index in [2.05, 4.69) is 0 Å². The van der Waals surface area contributed by atoms with Crippen molar-refractivity contribution < 1.29 is 37.3 Å². The predicted molar refractivity (Wildman–Crippen MR) is 147 cm³/mol. The fourth-order valence-corrected chi connectivity index (χ4v) is 5.33. The Morgan fingerprint density at radius 3 is 2.54 bits per heavy atom. The molecule has 0 spiro atoms. The number of benzene rings is 4. The zero-order chi connectivity index (χ0) is 28.3. The molecule has 8 heteroatoms. The SMILES string of the molecule is COC(=O)C[C@@H]1COc2cc(O[C@@H]3CCc4c(Oc5ccc(OCc6ccccc6)c(F)c5)ccc(F)c43)ccc21. The number of ether oxygens (including phenoxy) is 5. The van der Waals surface area contributed by atoms with E-state index in [0.29, 0.717) is 47.8 Å². The van der Waals surface area contributed by atoms with Crippen LogP contribution >= 0.6 is 0 Å². The van der Waals surface area contributed by atoms with Crippen LogP contribution in [0.4, 0.5) is 8.78 Å². The second kappa shape index (κ2) is 11.5. The van der Waals surface area contributed by atoms with E-state index in [1.165, 1.54) is 25.3 Å². The van der Waals surface area contributed by atoms with Crippen molar-refractivity contribution in [1.82, 2.24) is 0 Å². The molecule has 0 saturated carbocycles.